The lowest BCUT2D eigenvalue weighted by Gasteiger charge is -2.41. The van der Waals surface area contributed by atoms with E-state index in [0.717, 1.165) is 36.4 Å². The average Bonchev–Trinajstić information content (AvgIpc) is 2.94. The maximum absolute atomic E-state index is 11.1. The van der Waals surface area contributed by atoms with Crippen LogP contribution in [0.3, 0.4) is 0 Å². The summed E-state index contributed by atoms with van der Waals surface area (Å²) in [7, 11) is 0. The molecule has 108 valence electrons. The van der Waals surface area contributed by atoms with Crippen molar-refractivity contribution in [3.8, 4) is 11.5 Å². The van der Waals surface area contributed by atoms with E-state index in [2.05, 4.69) is 4.90 Å². The van der Waals surface area contributed by atoms with Crippen LogP contribution in [0.1, 0.15) is 31.2 Å². The second kappa shape index (κ2) is 4.64. The molecule has 20 heavy (non-hydrogen) atoms. The van der Waals surface area contributed by atoms with E-state index in [1.165, 1.54) is 19.4 Å². The molecule has 0 radical (unpaired) electrons. The second-order valence-electron chi connectivity index (χ2n) is 6.18. The molecule has 3 heterocycles. The van der Waals surface area contributed by atoms with Gasteiger partial charge in [0.15, 0.2) is 11.5 Å². The van der Waals surface area contributed by atoms with Gasteiger partial charge in [-0.2, -0.15) is 0 Å². The molecule has 2 atom stereocenters. The molecule has 0 amide bonds. The summed E-state index contributed by atoms with van der Waals surface area (Å²) < 4.78 is 11.2. The maximum atomic E-state index is 11.1. The third-order valence-electron chi connectivity index (χ3n) is 4.96. The number of aliphatic hydroxyl groups is 1. The molecule has 0 saturated carbocycles. The van der Waals surface area contributed by atoms with E-state index >= 15 is 0 Å². The largest absolute Gasteiger partial charge is 0.486 e. The smallest absolute Gasteiger partial charge is 0.161 e. The molecule has 1 N–H and O–H groups in total. The molecule has 1 aromatic carbocycles. The number of ether oxygens (including phenoxy) is 2. The monoisotopic (exact) mass is 275 g/mol. The van der Waals surface area contributed by atoms with Gasteiger partial charge in [-0.15, -0.1) is 0 Å². The highest BCUT2D eigenvalue weighted by Gasteiger charge is 2.41. The van der Waals surface area contributed by atoms with Crippen molar-refractivity contribution in [3.05, 3.63) is 23.8 Å². The molecule has 2 saturated heterocycles. The fourth-order valence-corrected chi connectivity index (χ4v) is 3.84. The van der Waals surface area contributed by atoms with Gasteiger partial charge in [-0.05, 0) is 49.9 Å². The zero-order valence-electron chi connectivity index (χ0n) is 11.7. The number of piperidine rings is 1. The fourth-order valence-electron chi connectivity index (χ4n) is 3.84. The molecule has 2 fully saturated rings. The molecule has 4 nitrogen and oxygen atoms in total. The molecular formula is C16H21NO3. The molecule has 3 aliphatic heterocycles. The van der Waals surface area contributed by atoms with Crippen LogP contribution < -0.4 is 9.47 Å². The normalized spacial score (nSPS) is 33.0. The van der Waals surface area contributed by atoms with E-state index in [9.17, 15) is 5.11 Å². The van der Waals surface area contributed by atoms with Crippen LogP contribution in [-0.2, 0) is 5.60 Å². The van der Waals surface area contributed by atoms with Crippen LogP contribution in [0.25, 0.3) is 0 Å². The number of hydrogen-bond donors (Lipinski definition) is 1. The van der Waals surface area contributed by atoms with Crippen molar-refractivity contribution in [2.24, 2.45) is 0 Å². The van der Waals surface area contributed by atoms with Crippen molar-refractivity contribution < 1.29 is 14.6 Å². The maximum Gasteiger partial charge on any atom is 0.161 e. The molecular weight excluding hydrogens is 254 g/mol. The van der Waals surface area contributed by atoms with Gasteiger partial charge in [0, 0.05) is 12.6 Å². The predicted molar refractivity (Wildman–Crippen MR) is 75.2 cm³/mol. The van der Waals surface area contributed by atoms with E-state index in [-0.39, 0.29) is 0 Å². The van der Waals surface area contributed by atoms with Crippen molar-refractivity contribution >= 4 is 0 Å². The Kier molecular flexibility index (Phi) is 2.89. The van der Waals surface area contributed by atoms with Crippen molar-refractivity contribution in [1.82, 2.24) is 4.90 Å². The highest BCUT2D eigenvalue weighted by molar-refractivity contribution is 5.45. The average molecular weight is 275 g/mol. The van der Waals surface area contributed by atoms with Gasteiger partial charge in [-0.25, -0.2) is 0 Å². The van der Waals surface area contributed by atoms with Crippen molar-refractivity contribution in [1.29, 1.82) is 0 Å². The Morgan fingerprint density at radius 1 is 1.15 bits per heavy atom. The van der Waals surface area contributed by atoms with Crippen molar-refractivity contribution in [3.63, 3.8) is 0 Å². The Labute approximate surface area is 119 Å². The fraction of sp³-hybridized carbons (Fsp3) is 0.625. The van der Waals surface area contributed by atoms with Crippen LogP contribution in [0.4, 0.5) is 0 Å². The lowest BCUT2D eigenvalue weighted by molar-refractivity contribution is -0.0411. The minimum absolute atomic E-state index is 0.543. The van der Waals surface area contributed by atoms with Gasteiger partial charge in [-0.1, -0.05) is 6.07 Å². The van der Waals surface area contributed by atoms with Crippen molar-refractivity contribution in [2.75, 3.05) is 26.3 Å². The Morgan fingerprint density at radius 2 is 2.00 bits per heavy atom. The lowest BCUT2D eigenvalue weighted by atomic mass is 9.81. The molecule has 1 aromatic rings. The van der Waals surface area contributed by atoms with Crippen LogP contribution in [0.2, 0.25) is 0 Å². The first-order valence-corrected chi connectivity index (χ1v) is 7.61. The van der Waals surface area contributed by atoms with Gasteiger partial charge in [0.25, 0.3) is 0 Å². The molecule has 0 spiro atoms. The summed E-state index contributed by atoms with van der Waals surface area (Å²) in [4.78, 5) is 2.52. The quantitative estimate of drug-likeness (QED) is 0.850. The summed E-state index contributed by atoms with van der Waals surface area (Å²) in [6.45, 7) is 3.39. The number of nitrogens with zero attached hydrogens (tertiary/aromatic N) is 1. The highest BCUT2D eigenvalue weighted by atomic mass is 16.6. The molecule has 2 unspecified atom stereocenters. The first kappa shape index (κ1) is 12.5. The van der Waals surface area contributed by atoms with E-state index in [4.69, 9.17) is 9.47 Å². The van der Waals surface area contributed by atoms with E-state index < -0.39 is 5.60 Å². The SMILES string of the molecule is OC1(c2ccc3c(c2)OCCO3)CCN2CCCC2C1. The standard InChI is InChI=1S/C16H21NO3/c18-16(5-7-17-6-1-2-13(17)11-16)12-3-4-14-15(10-12)20-9-8-19-14/h3-4,10,13,18H,1-2,5-9,11H2. The summed E-state index contributed by atoms with van der Waals surface area (Å²) in [6.07, 6.45) is 4.13. The predicted octanol–water partition coefficient (Wildman–Crippen LogP) is 1.90. The minimum Gasteiger partial charge on any atom is -0.486 e. The minimum atomic E-state index is -0.707. The Balaban J connectivity index is 1.62. The Bertz CT molecular complexity index is 518. The number of hydrogen-bond acceptors (Lipinski definition) is 4. The summed E-state index contributed by atoms with van der Waals surface area (Å²) >= 11 is 0. The summed E-state index contributed by atoms with van der Waals surface area (Å²) in [5.74, 6) is 1.57. The first-order valence-electron chi connectivity index (χ1n) is 7.61. The molecule has 0 bridgehead atoms. The Hall–Kier alpha value is -1.26. The third-order valence-corrected chi connectivity index (χ3v) is 4.96. The molecule has 4 rings (SSSR count). The number of fused-ring (bicyclic) bond motifs is 2. The lowest BCUT2D eigenvalue weighted by Crippen LogP contribution is -2.46. The van der Waals surface area contributed by atoms with Crippen LogP contribution in [0.15, 0.2) is 18.2 Å². The van der Waals surface area contributed by atoms with E-state index in [1.807, 2.05) is 18.2 Å². The molecule has 0 aliphatic carbocycles. The van der Waals surface area contributed by atoms with Gasteiger partial charge in [0.2, 0.25) is 0 Å². The highest BCUT2D eigenvalue weighted by Crippen LogP contribution is 2.42. The summed E-state index contributed by atoms with van der Waals surface area (Å²) in [5, 5.41) is 11.1. The van der Waals surface area contributed by atoms with Crippen LogP contribution in [-0.4, -0.2) is 42.4 Å². The number of rotatable bonds is 1. The summed E-state index contributed by atoms with van der Waals surface area (Å²) in [6, 6.07) is 6.45. The van der Waals surface area contributed by atoms with Gasteiger partial charge < -0.3 is 19.5 Å². The van der Waals surface area contributed by atoms with Crippen LogP contribution in [0, 0.1) is 0 Å². The summed E-state index contributed by atoms with van der Waals surface area (Å²) in [5.41, 5.74) is 0.273. The van der Waals surface area contributed by atoms with Gasteiger partial charge in [0.05, 0.1) is 5.60 Å². The van der Waals surface area contributed by atoms with Crippen molar-refractivity contribution in [2.45, 2.75) is 37.3 Å². The van der Waals surface area contributed by atoms with E-state index in [0.29, 0.717) is 19.3 Å². The van der Waals surface area contributed by atoms with Crippen LogP contribution in [0.5, 0.6) is 11.5 Å². The van der Waals surface area contributed by atoms with Gasteiger partial charge in [0.1, 0.15) is 13.2 Å². The zero-order chi connectivity index (χ0) is 13.6. The number of benzene rings is 1. The first-order chi connectivity index (χ1) is 9.74. The molecule has 4 heteroatoms. The third kappa shape index (κ3) is 1.98. The molecule has 3 aliphatic rings. The van der Waals surface area contributed by atoms with Gasteiger partial charge >= 0.3 is 0 Å². The van der Waals surface area contributed by atoms with E-state index in [1.54, 1.807) is 0 Å². The Morgan fingerprint density at radius 3 is 2.90 bits per heavy atom. The zero-order valence-corrected chi connectivity index (χ0v) is 11.7. The molecule has 0 aromatic heterocycles. The second-order valence-corrected chi connectivity index (χ2v) is 6.18. The topological polar surface area (TPSA) is 41.9 Å². The van der Waals surface area contributed by atoms with Gasteiger partial charge in [-0.3, -0.25) is 0 Å². The van der Waals surface area contributed by atoms with Crippen LogP contribution >= 0.6 is 0 Å².